The molecule has 0 fully saturated rings. The molecule has 0 aromatic heterocycles. The minimum absolute atomic E-state index is 0.0269. The Morgan fingerprint density at radius 3 is 2.33 bits per heavy atom. The second-order valence-electron chi connectivity index (χ2n) is 7.21. The van der Waals surface area contributed by atoms with Crippen LogP contribution in [-0.4, -0.2) is 26.7 Å². The van der Waals surface area contributed by atoms with E-state index < -0.39 is 0 Å². The van der Waals surface area contributed by atoms with Gasteiger partial charge in [-0.3, -0.25) is 4.79 Å². The molecule has 2 aromatic carbocycles. The van der Waals surface area contributed by atoms with Gasteiger partial charge in [-0.1, -0.05) is 50.6 Å². The first kappa shape index (κ1) is 20.9. The molecule has 146 valence electrons. The third-order valence-corrected chi connectivity index (χ3v) is 4.45. The molecule has 0 saturated heterocycles. The molecule has 0 spiro atoms. The molecule has 1 amide bonds. The van der Waals surface area contributed by atoms with Crippen LogP contribution >= 0.6 is 11.6 Å². The zero-order valence-corrected chi connectivity index (χ0v) is 17.2. The minimum atomic E-state index is -0.126. The molecular weight excluding hydrogens is 364 g/mol. The molecule has 5 nitrogen and oxygen atoms in total. The van der Waals surface area contributed by atoms with Gasteiger partial charge in [-0.15, -0.1) is 0 Å². The number of halogens is 1. The molecule has 0 saturated carbocycles. The van der Waals surface area contributed by atoms with E-state index in [4.69, 9.17) is 21.1 Å². The summed E-state index contributed by atoms with van der Waals surface area (Å²) in [4.78, 5) is 12.4. The molecule has 0 bridgehead atoms. The quantitative estimate of drug-likeness (QED) is 0.690. The van der Waals surface area contributed by atoms with E-state index in [0.717, 1.165) is 5.69 Å². The van der Waals surface area contributed by atoms with Gasteiger partial charge < -0.3 is 20.1 Å². The number of amides is 1. The first-order valence-electron chi connectivity index (χ1n) is 8.81. The van der Waals surface area contributed by atoms with Crippen LogP contribution in [0.4, 0.5) is 11.4 Å². The summed E-state index contributed by atoms with van der Waals surface area (Å²) in [5.74, 6) is 0.837. The van der Waals surface area contributed by atoms with E-state index in [9.17, 15) is 4.79 Å². The predicted octanol–water partition coefficient (Wildman–Crippen LogP) is 5.10. The fourth-order valence-corrected chi connectivity index (χ4v) is 3.00. The van der Waals surface area contributed by atoms with Crippen LogP contribution < -0.4 is 20.1 Å². The van der Waals surface area contributed by atoms with Crippen molar-refractivity contribution >= 4 is 28.9 Å². The van der Waals surface area contributed by atoms with E-state index in [2.05, 4.69) is 37.5 Å². The molecular formula is C21H27ClN2O3. The van der Waals surface area contributed by atoms with E-state index in [-0.39, 0.29) is 11.3 Å². The number of carbonyl (C=O) groups excluding carboxylic acids is 1. The van der Waals surface area contributed by atoms with Crippen molar-refractivity contribution in [3.63, 3.8) is 0 Å². The number of nitrogens with one attached hydrogen (secondary N) is 2. The van der Waals surface area contributed by atoms with Gasteiger partial charge in [-0.25, -0.2) is 0 Å². The number of para-hydroxylation sites is 1. The summed E-state index contributed by atoms with van der Waals surface area (Å²) >= 11 is 6.09. The molecule has 6 heteroatoms. The lowest BCUT2D eigenvalue weighted by Gasteiger charge is -2.23. The largest absolute Gasteiger partial charge is 0.495 e. The maximum absolute atomic E-state index is 12.4. The van der Waals surface area contributed by atoms with E-state index in [1.165, 1.54) is 19.8 Å². The summed E-state index contributed by atoms with van der Waals surface area (Å²) in [7, 11) is 3.05. The summed E-state index contributed by atoms with van der Waals surface area (Å²) in [5, 5.41) is 6.63. The fraction of sp³-hybridized carbons (Fsp3) is 0.381. The Labute approximate surface area is 166 Å². The van der Waals surface area contributed by atoms with Crippen LogP contribution in [0.3, 0.4) is 0 Å². The second-order valence-corrected chi connectivity index (χ2v) is 7.61. The highest BCUT2D eigenvalue weighted by molar-refractivity contribution is 6.32. The molecule has 2 N–H and O–H groups in total. The highest BCUT2D eigenvalue weighted by Gasteiger charge is 2.17. The van der Waals surface area contributed by atoms with Gasteiger partial charge in [0.2, 0.25) is 5.91 Å². The fourth-order valence-electron chi connectivity index (χ4n) is 2.77. The Morgan fingerprint density at radius 2 is 1.70 bits per heavy atom. The van der Waals surface area contributed by atoms with Gasteiger partial charge in [0, 0.05) is 30.8 Å². The van der Waals surface area contributed by atoms with Crippen molar-refractivity contribution in [2.24, 2.45) is 0 Å². The van der Waals surface area contributed by atoms with Crippen molar-refractivity contribution in [1.82, 2.24) is 0 Å². The van der Waals surface area contributed by atoms with Crippen LogP contribution in [0.1, 0.15) is 32.8 Å². The Bertz CT molecular complexity index is 800. The van der Waals surface area contributed by atoms with Crippen molar-refractivity contribution in [3.05, 3.63) is 47.0 Å². The molecule has 27 heavy (non-hydrogen) atoms. The molecule has 0 radical (unpaired) electrons. The zero-order chi connectivity index (χ0) is 20.0. The Balaban J connectivity index is 2.00. The number of rotatable bonds is 7. The average Bonchev–Trinajstić information content (AvgIpc) is 2.62. The standard InChI is InChI=1S/C21H27ClN2O3/c1-21(2,3)14-8-6-7-9-16(14)23-11-10-20(25)24-17-13-18(26-4)15(22)12-19(17)27-5/h6-9,12-13,23H,10-11H2,1-5H3,(H,24,25). The van der Waals surface area contributed by atoms with Crippen LogP contribution in [0, 0.1) is 0 Å². The monoisotopic (exact) mass is 390 g/mol. The zero-order valence-electron chi connectivity index (χ0n) is 16.5. The number of benzene rings is 2. The van der Waals surface area contributed by atoms with Crippen LogP contribution in [0.2, 0.25) is 5.02 Å². The van der Waals surface area contributed by atoms with Gasteiger partial charge in [-0.05, 0) is 17.0 Å². The van der Waals surface area contributed by atoms with E-state index in [1.54, 1.807) is 12.1 Å². The lowest BCUT2D eigenvalue weighted by Crippen LogP contribution is -2.19. The summed E-state index contributed by atoms with van der Waals surface area (Å²) in [6.45, 7) is 7.02. The smallest absolute Gasteiger partial charge is 0.226 e. The topological polar surface area (TPSA) is 59.6 Å². The Hall–Kier alpha value is -2.40. The van der Waals surface area contributed by atoms with Crippen LogP contribution in [0.5, 0.6) is 11.5 Å². The van der Waals surface area contributed by atoms with Crippen molar-refractivity contribution in [1.29, 1.82) is 0 Å². The molecule has 2 rings (SSSR count). The van der Waals surface area contributed by atoms with Gasteiger partial charge >= 0.3 is 0 Å². The molecule has 0 aliphatic carbocycles. The van der Waals surface area contributed by atoms with Crippen LogP contribution in [0.25, 0.3) is 0 Å². The first-order valence-corrected chi connectivity index (χ1v) is 9.18. The van der Waals surface area contributed by atoms with Gasteiger partial charge in [0.1, 0.15) is 11.5 Å². The maximum atomic E-state index is 12.4. The second kappa shape index (κ2) is 9.00. The van der Waals surface area contributed by atoms with Gasteiger partial charge in [0.25, 0.3) is 0 Å². The summed E-state index contributed by atoms with van der Waals surface area (Å²) in [5.41, 5.74) is 2.82. The van der Waals surface area contributed by atoms with Crippen molar-refractivity contribution in [3.8, 4) is 11.5 Å². The van der Waals surface area contributed by atoms with Gasteiger partial charge in [0.05, 0.1) is 24.9 Å². The summed E-state index contributed by atoms with van der Waals surface area (Å²) < 4.78 is 10.5. The van der Waals surface area contributed by atoms with Gasteiger partial charge in [0.15, 0.2) is 0 Å². The number of ether oxygens (including phenoxy) is 2. The number of carbonyl (C=O) groups is 1. The van der Waals surface area contributed by atoms with Gasteiger partial charge in [-0.2, -0.15) is 0 Å². The minimum Gasteiger partial charge on any atom is -0.495 e. The molecule has 0 aliphatic rings. The molecule has 0 aliphatic heterocycles. The highest BCUT2D eigenvalue weighted by atomic mass is 35.5. The van der Waals surface area contributed by atoms with Crippen LogP contribution in [-0.2, 0) is 10.2 Å². The number of hydrogen-bond acceptors (Lipinski definition) is 4. The third kappa shape index (κ3) is 5.54. The van der Waals surface area contributed by atoms with Crippen molar-refractivity contribution in [2.75, 3.05) is 31.4 Å². The van der Waals surface area contributed by atoms with Crippen LogP contribution in [0.15, 0.2) is 36.4 Å². The SMILES string of the molecule is COc1cc(NC(=O)CCNc2ccccc2C(C)(C)C)c(OC)cc1Cl. The van der Waals surface area contributed by atoms with Crippen molar-refractivity contribution < 1.29 is 14.3 Å². The Morgan fingerprint density at radius 1 is 1.04 bits per heavy atom. The van der Waals surface area contributed by atoms with E-state index in [1.807, 2.05) is 18.2 Å². The van der Waals surface area contributed by atoms with Crippen molar-refractivity contribution in [2.45, 2.75) is 32.6 Å². The number of methoxy groups -OCH3 is 2. The lowest BCUT2D eigenvalue weighted by atomic mass is 9.86. The highest BCUT2D eigenvalue weighted by Crippen LogP contribution is 2.36. The van der Waals surface area contributed by atoms with E-state index in [0.29, 0.717) is 35.2 Å². The Kier molecular flexibility index (Phi) is 6.97. The summed E-state index contributed by atoms with van der Waals surface area (Å²) in [6, 6.07) is 11.4. The average molecular weight is 391 g/mol. The number of anilines is 2. The molecule has 0 atom stereocenters. The number of hydrogen-bond donors (Lipinski definition) is 2. The molecule has 0 heterocycles. The third-order valence-electron chi connectivity index (χ3n) is 4.15. The molecule has 2 aromatic rings. The maximum Gasteiger partial charge on any atom is 0.226 e. The van der Waals surface area contributed by atoms with E-state index >= 15 is 0 Å². The lowest BCUT2D eigenvalue weighted by molar-refractivity contribution is -0.116. The summed E-state index contributed by atoms with van der Waals surface area (Å²) in [6.07, 6.45) is 0.312. The predicted molar refractivity (Wildman–Crippen MR) is 111 cm³/mol. The normalized spacial score (nSPS) is 11.0. The first-order chi connectivity index (χ1) is 12.8. The molecule has 0 unspecified atom stereocenters.